The van der Waals surface area contributed by atoms with Crippen LogP contribution in [0.5, 0.6) is 0 Å². The summed E-state index contributed by atoms with van der Waals surface area (Å²) in [5, 5.41) is 2.37. The average molecular weight is 341 g/mol. The zero-order valence-corrected chi connectivity index (χ0v) is 13.0. The Bertz CT molecular complexity index is 848. The van der Waals surface area contributed by atoms with Gasteiger partial charge in [0.1, 0.15) is 5.88 Å². The Balaban J connectivity index is 2.43. The summed E-state index contributed by atoms with van der Waals surface area (Å²) in [6.07, 6.45) is -0.674. The molecule has 21 heavy (non-hydrogen) atoms. The lowest BCUT2D eigenvalue weighted by Crippen LogP contribution is -2.41. The molecule has 2 aromatic rings. The highest BCUT2D eigenvalue weighted by Gasteiger charge is 2.34. The Morgan fingerprint density at radius 3 is 2.62 bits per heavy atom. The molecule has 0 saturated heterocycles. The lowest BCUT2D eigenvalue weighted by molar-refractivity contribution is -0.493. The Morgan fingerprint density at radius 1 is 1.14 bits per heavy atom. The van der Waals surface area contributed by atoms with E-state index in [4.69, 9.17) is 34.8 Å². The van der Waals surface area contributed by atoms with Crippen molar-refractivity contribution in [2.45, 2.75) is 6.17 Å². The molecule has 1 unspecified atom stereocenters. The van der Waals surface area contributed by atoms with Crippen molar-refractivity contribution in [1.82, 2.24) is 0 Å². The first-order valence-corrected chi connectivity index (χ1v) is 7.56. The number of hydrogen-bond donors (Lipinski definition) is 0. The van der Waals surface area contributed by atoms with Crippen LogP contribution in [0.3, 0.4) is 0 Å². The SMILES string of the molecule is O=[N+]1C(c2ccccc2Cl)=c2cc(Cl)ccc2=NC1CCl. The van der Waals surface area contributed by atoms with Gasteiger partial charge in [-0.25, -0.2) is 4.99 Å². The number of fused-ring (bicyclic) bond motifs is 1. The molecule has 0 spiro atoms. The number of nitroso groups, excluding NO2 is 1. The van der Waals surface area contributed by atoms with Crippen LogP contribution < -0.4 is 10.6 Å². The number of hydrogen-bond acceptors (Lipinski definition) is 2. The van der Waals surface area contributed by atoms with Crippen molar-refractivity contribution in [3.05, 3.63) is 73.6 Å². The highest BCUT2D eigenvalue weighted by molar-refractivity contribution is 6.32. The molecule has 0 aromatic heterocycles. The van der Waals surface area contributed by atoms with Crippen LogP contribution in [0.1, 0.15) is 5.56 Å². The summed E-state index contributed by atoms with van der Waals surface area (Å²) in [6.45, 7) is 0. The fourth-order valence-corrected chi connectivity index (χ4v) is 2.90. The molecule has 3 nitrogen and oxygen atoms in total. The van der Waals surface area contributed by atoms with E-state index in [0.717, 1.165) is 4.76 Å². The number of benzene rings is 2. The molecule has 6 heteroatoms. The van der Waals surface area contributed by atoms with E-state index in [1.165, 1.54) is 0 Å². The number of alkyl halides is 1. The molecule has 0 bridgehead atoms. The van der Waals surface area contributed by atoms with Crippen molar-refractivity contribution < 1.29 is 4.76 Å². The van der Waals surface area contributed by atoms with E-state index in [2.05, 4.69) is 4.99 Å². The smallest absolute Gasteiger partial charge is 0.212 e. The van der Waals surface area contributed by atoms with Gasteiger partial charge in [0.05, 0.1) is 25.9 Å². The third-order valence-electron chi connectivity index (χ3n) is 3.26. The third-order valence-corrected chi connectivity index (χ3v) is 4.10. The topological polar surface area (TPSA) is 32.4 Å². The maximum atomic E-state index is 12.6. The molecule has 0 amide bonds. The highest BCUT2D eigenvalue weighted by atomic mass is 35.5. The van der Waals surface area contributed by atoms with Gasteiger partial charge in [-0.1, -0.05) is 35.3 Å². The van der Waals surface area contributed by atoms with Crippen molar-refractivity contribution in [2.24, 2.45) is 4.99 Å². The van der Waals surface area contributed by atoms with Gasteiger partial charge in [-0.05, 0) is 30.3 Å². The first-order chi connectivity index (χ1) is 10.1. The van der Waals surface area contributed by atoms with E-state index >= 15 is 0 Å². The van der Waals surface area contributed by atoms with Crippen molar-refractivity contribution in [1.29, 1.82) is 0 Å². The molecule has 1 aliphatic heterocycles. The summed E-state index contributed by atoms with van der Waals surface area (Å²) in [4.78, 5) is 16.9. The molecule has 1 atom stereocenters. The molecule has 0 aliphatic carbocycles. The van der Waals surface area contributed by atoms with Crippen molar-refractivity contribution in [3.8, 4) is 0 Å². The molecular weight excluding hydrogens is 331 g/mol. The lowest BCUT2D eigenvalue weighted by atomic mass is 10.1. The Morgan fingerprint density at radius 2 is 1.90 bits per heavy atom. The predicted molar refractivity (Wildman–Crippen MR) is 84.3 cm³/mol. The van der Waals surface area contributed by atoms with Crippen LogP contribution in [0.4, 0.5) is 0 Å². The predicted octanol–water partition coefficient (Wildman–Crippen LogP) is 3.13. The van der Waals surface area contributed by atoms with Crippen LogP contribution in [-0.2, 0) is 0 Å². The van der Waals surface area contributed by atoms with Gasteiger partial charge in [-0.2, -0.15) is 0 Å². The maximum absolute atomic E-state index is 12.6. The second kappa shape index (κ2) is 5.76. The van der Waals surface area contributed by atoms with Crippen LogP contribution in [0.15, 0.2) is 47.5 Å². The van der Waals surface area contributed by atoms with Gasteiger partial charge in [0.25, 0.3) is 5.70 Å². The molecule has 0 fully saturated rings. The van der Waals surface area contributed by atoms with E-state index in [1.54, 1.807) is 30.3 Å². The molecule has 1 heterocycles. The van der Waals surface area contributed by atoms with Crippen LogP contribution in [0.2, 0.25) is 10.0 Å². The van der Waals surface area contributed by atoms with Crippen LogP contribution in [0.25, 0.3) is 5.70 Å². The summed E-state index contributed by atoms with van der Waals surface area (Å²) < 4.78 is 0.798. The zero-order chi connectivity index (χ0) is 15.0. The largest absolute Gasteiger partial charge is 0.313 e. The number of rotatable bonds is 2. The Hall–Kier alpha value is -1.42. The van der Waals surface area contributed by atoms with Gasteiger partial charge in [-0.15, -0.1) is 11.6 Å². The third kappa shape index (κ3) is 2.57. The monoisotopic (exact) mass is 339 g/mol. The first kappa shape index (κ1) is 14.5. The Labute approximate surface area is 136 Å². The molecule has 1 aliphatic rings. The molecule has 2 aromatic carbocycles. The fourth-order valence-electron chi connectivity index (χ4n) is 2.31. The van der Waals surface area contributed by atoms with Crippen molar-refractivity contribution in [3.63, 3.8) is 0 Å². The van der Waals surface area contributed by atoms with Crippen molar-refractivity contribution in [2.75, 3.05) is 5.88 Å². The number of nitrogens with zero attached hydrogens (tertiary/aromatic N) is 2. The minimum atomic E-state index is -0.674. The van der Waals surface area contributed by atoms with E-state index in [0.29, 0.717) is 31.9 Å². The second-order valence-corrected chi connectivity index (χ2v) is 5.73. The van der Waals surface area contributed by atoms with Crippen LogP contribution >= 0.6 is 34.8 Å². The van der Waals surface area contributed by atoms with Crippen LogP contribution in [0, 0.1) is 4.91 Å². The van der Waals surface area contributed by atoms with Crippen LogP contribution in [-0.4, -0.2) is 16.8 Å². The van der Waals surface area contributed by atoms with E-state index in [-0.39, 0.29) is 5.88 Å². The minimum absolute atomic E-state index is 0.0967. The summed E-state index contributed by atoms with van der Waals surface area (Å²) in [5.41, 5.74) is 1.08. The van der Waals surface area contributed by atoms with Gasteiger partial charge in [0, 0.05) is 9.93 Å². The van der Waals surface area contributed by atoms with Crippen molar-refractivity contribution >= 4 is 40.5 Å². The summed E-state index contributed by atoms with van der Waals surface area (Å²) in [6, 6.07) is 12.4. The summed E-state index contributed by atoms with van der Waals surface area (Å²) in [7, 11) is 0. The normalized spacial score (nSPS) is 17.4. The maximum Gasteiger partial charge on any atom is 0.313 e. The summed E-state index contributed by atoms with van der Waals surface area (Å²) >= 11 is 18.1. The van der Waals surface area contributed by atoms with E-state index < -0.39 is 6.17 Å². The molecular formula is C15H10Cl3N2O+. The van der Waals surface area contributed by atoms with E-state index in [9.17, 15) is 4.91 Å². The number of halogens is 3. The van der Waals surface area contributed by atoms with Gasteiger partial charge >= 0.3 is 6.17 Å². The highest BCUT2D eigenvalue weighted by Crippen LogP contribution is 2.24. The van der Waals surface area contributed by atoms with E-state index in [1.807, 2.05) is 12.1 Å². The summed E-state index contributed by atoms with van der Waals surface area (Å²) in [5.74, 6) is 0.0967. The van der Waals surface area contributed by atoms with Gasteiger partial charge < -0.3 is 0 Å². The minimum Gasteiger partial charge on any atom is -0.212 e. The zero-order valence-electron chi connectivity index (χ0n) is 10.8. The van der Waals surface area contributed by atoms with Gasteiger partial charge in [-0.3, -0.25) is 0 Å². The molecule has 3 rings (SSSR count). The Kier molecular flexibility index (Phi) is 3.98. The molecule has 0 saturated carbocycles. The quantitative estimate of drug-likeness (QED) is 0.610. The average Bonchev–Trinajstić information content (AvgIpc) is 2.48. The lowest BCUT2D eigenvalue weighted by Gasteiger charge is -2.10. The molecule has 106 valence electrons. The second-order valence-electron chi connectivity index (χ2n) is 4.58. The molecule has 0 N–H and O–H groups in total. The fraction of sp³-hybridized carbons (Fsp3) is 0.133. The van der Waals surface area contributed by atoms with Gasteiger partial charge in [0.15, 0.2) is 0 Å². The first-order valence-electron chi connectivity index (χ1n) is 6.27. The standard InChI is InChI=1S/C15H10Cl3N2O/c16-8-14-19-13-6-5-9(17)7-11(13)15(20(14)21)10-3-1-2-4-12(10)18/h1-7,14H,8H2/q+1. The molecule has 0 radical (unpaired) electrons. The van der Waals surface area contributed by atoms with Gasteiger partial charge in [0.2, 0.25) is 0 Å².